The second kappa shape index (κ2) is 5.28. The van der Waals surface area contributed by atoms with E-state index in [9.17, 15) is 9.18 Å². The molecule has 0 fully saturated rings. The second-order valence-corrected chi connectivity index (χ2v) is 4.64. The number of amides is 1. The summed E-state index contributed by atoms with van der Waals surface area (Å²) in [5, 5.41) is 3.55. The number of pyridine rings is 2. The zero-order valence-electron chi connectivity index (χ0n) is 11.3. The molecule has 104 valence electrons. The van der Waals surface area contributed by atoms with Gasteiger partial charge in [-0.05, 0) is 25.1 Å². The van der Waals surface area contributed by atoms with E-state index < -0.39 is 11.7 Å². The van der Waals surface area contributed by atoms with Gasteiger partial charge in [0.15, 0.2) is 5.82 Å². The smallest absolute Gasteiger partial charge is 0.258 e. The van der Waals surface area contributed by atoms with Gasteiger partial charge < -0.3 is 5.32 Å². The standard InChI is InChI=1S/C16H12FN3O/c1-10-8-15(12-4-2-3-5-14(12)19-10)20-16(21)11-6-7-18-9-13(11)17/h2-9H,1H3,(H,19,20,21). The molecule has 21 heavy (non-hydrogen) atoms. The first kappa shape index (κ1) is 13.2. The van der Waals surface area contributed by atoms with Crippen LogP contribution >= 0.6 is 0 Å². The van der Waals surface area contributed by atoms with Gasteiger partial charge in [-0.15, -0.1) is 0 Å². The number of aryl methyl sites for hydroxylation is 1. The van der Waals surface area contributed by atoms with Crippen molar-refractivity contribution < 1.29 is 9.18 Å². The Morgan fingerprint density at radius 3 is 2.86 bits per heavy atom. The van der Waals surface area contributed by atoms with Crippen LogP contribution in [0.5, 0.6) is 0 Å². The first-order chi connectivity index (χ1) is 10.1. The highest BCUT2D eigenvalue weighted by atomic mass is 19.1. The van der Waals surface area contributed by atoms with Gasteiger partial charge in [0.2, 0.25) is 0 Å². The molecule has 0 aliphatic heterocycles. The lowest BCUT2D eigenvalue weighted by Gasteiger charge is -2.10. The van der Waals surface area contributed by atoms with E-state index in [-0.39, 0.29) is 5.56 Å². The summed E-state index contributed by atoms with van der Waals surface area (Å²) >= 11 is 0. The molecule has 3 aromatic rings. The number of hydrogen-bond acceptors (Lipinski definition) is 3. The number of benzene rings is 1. The van der Waals surface area contributed by atoms with Crippen molar-refractivity contribution in [1.82, 2.24) is 9.97 Å². The number of nitrogens with one attached hydrogen (secondary N) is 1. The number of aromatic nitrogens is 2. The van der Waals surface area contributed by atoms with Crippen LogP contribution in [-0.4, -0.2) is 15.9 Å². The fourth-order valence-corrected chi connectivity index (χ4v) is 2.16. The Balaban J connectivity index is 2.02. The minimum absolute atomic E-state index is 0.0384. The highest BCUT2D eigenvalue weighted by molar-refractivity contribution is 6.08. The molecule has 4 nitrogen and oxygen atoms in total. The van der Waals surface area contributed by atoms with E-state index in [1.807, 2.05) is 31.2 Å². The van der Waals surface area contributed by atoms with Crippen molar-refractivity contribution in [1.29, 1.82) is 0 Å². The molecule has 0 saturated heterocycles. The summed E-state index contributed by atoms with van der Waals surface area (Å²) in [5.41, 5.74) is 2.13. The van der Waals surface area contributed by atoms with E-state index in [0.29, 0.717) is 5.69 Å². The monoisotopic (exact) mass is 281 g/mol. The zero-order chi connectivity index (χ0) is 14.8. The topological polar surface area (TPSA) is 54.9 Å². The van der Waals surface area contributed by atoms with E-state index >= 15 is 0 Å². The number of carbonyl (C=O) groups is 1. The van der Waals surface area contributed by atoms with Crippen LogP contribution in [0.2, 0.25) is 0 Å². The molecule has 0 aliphatic carbocycles. The van der Waals surface area contributed by atoms with Gasteiger partial charge >= 0.3 is 0 Å². The van der Waals surface area contributed by atoms with Crippen LogP contribution in [0.3, 0.4) is 0 Å². The van der Waals surface area contributed by atoms with Crippen molar-refractivity contribution in [3.8, 4) is 0 Å². The van der Waals surface area contributed by atoms with Gasteiger partial charge in [-0.2, -0.15) is 0 Å². The van der Waals surface area contributed by atoms with Gasteiger partial charge in [-0.1, -0.05) is 18.2 Å². The number of hydrogen-bond donors (Lipinski definition) is 1. The summed E-state index contributed by atoms with van der Waals surface area (Å²) < 4.78 is 13.6. The lowest BCUT2D eigenvalue weighted by molar-refractivity contribution is 0.102. The van der Waals surface area contributed by atoms with Crippen LogP contribution in [0.25, 0.3) is 10.9 Å². The Labute approximate surface area is 120 Å². The van der Waals surface area contributed by atoms with Crippen LogP contribution in [0.1, 0.15) is 16.1 Å². The maximum atomic E-state index is 13.6. The van der Waals surface area contributed by atoms with Crippen molar-refractivity contribution in [3.05, 3.63) is 65.9 Å². The normalized spacial score (nSPS) is 10.6. The van der Waals surface area contributed by atoms with E-state index in [1.54, 1.807) is 6.07 Å². The third-order valence-corrected chi connectivity index (χ3v) is 3.11. The van der Waals surface area contributed by atoms with Gasteiger partial charge in [0.05, 0.1) is 23.0 Å². The van der Waals surface area contributed by atoms with Crippen LogP contribution in [0.15, 0.2) is 48.8 Å². The quantitative estimate of drug-likeness (QED) is 0.784. The van der Waals surface area contributed by atoms with Gasteiger partial charge in [-0.25, -0.2) is 4.39 Å². The predicted molar refractivity (Wildman–Crippen MR) is 78.6 cm³/mol. The molecule has 0 spiro atoms. The molecule has 3 rings (SSSR count). The fraction of sp³-hybridized carbons (Fsp3) is 0.0625. The van der Waals surface area contributed by atoms with Crippen molar-refractivity contribution in [2.75, 3.05) is 5.32 Å². The second-order valence-electron chi connectivity index (χ2n) is 4.64. The minimum atomic E-state index is -0.648. The average molecular weight is 281 g/mol. The number of para-hydroxylation sites is 1. The lowest BCUT2D eigenvalue weighted by Crippen LogP contribution is -2.14. The first-order valence-corrected chi connectivity index (χ1v) is 6.42. The van der Waals surface area contributed by atoms with E-state index in [4.69, 9.17) is 0 Å². The van der Waals surface area contributed by atoms with Crippen LogP contribution in [0.4, 0.5) is 10.1 Å². The highest BCUT2D eigenvalue weighted by Gasteiger charge is 2.13. The van der Waals surface area contributed by atoms with Crippen molar-refractivity contribution in [2.24, 2.45) is 0 Å². The van der Waals surface area contributed by atoms with E-state index in [0.717, 1.165) is 22.8 Å². The summed E-state index contributed by atoms with van der Waals surface area (Å²) in [6.45, 7) is 1.84. The molecule has 0 bridgehead atoms. The summed E-state index contributed by atoms with van der Waals surface area (Å²) in [7, 11) is 0. The molecule has 2 heterocycles. The summed E-state index contributed by atoms with van der Waals surface area (Å²) in [6.07, 6.45) is 2.40. The minimum Gasteiger partial charge on any atom is -0.321 e. The van der Waals surface area contributed by atoms with Gasteiger partial charge in [0.1, 0.15) is 0 Å². The number of fused-ring (bicyclic) bond motifs is 1. The first-order valence-electron chi connectivity index (χ1n) is 6.42. The SMILES string of the molecule is Cc1cc(NC(=O)c2ccncc2F)c2ccccc2n1. The average Bonchev–Trinajstić information content (AvgIpc) is 2.47. The molecule has 0 aliphatic rings. The molecule has 5 heteroatoms. The third-order valence-electron chi connectivity index (χ3n) is 3.11. The fourth-order valence-electron chi connectivity index (χ4n) is 2.16. The van der Waals surface area contributed by atoms with Crippen LogP contribution in [-0.2, 0) is 0 Å². The summed E-state index contributed by atoms with van der Waals surface area (Å²) in [6, 6.07) is 10.6. The molecule has 0 unspecified atom stereocenters. The number of halogens is 1. The van der Waals surface area contributed by atoms with Gasteiger partial charge in [0.25, 0.3) is 5.91 Å². The van der Waals surface area contributed by atoms with Crippen LogP contribution in [0, 0.1) is 12.7 Å². The molecule has 0 atom stereocenters. The van der Waals surface area contributed by atoms with E-state index in [1.165, 1.54) is 12.3 Å². The Morgan fingerprint density at radius 2 is 2.05 bits per heavy atom. The Morgan fingerprint density at radius 1 is 1.24 bits per heavy atom. The number of carbonyl (C=O) groups excluding carboxylic acids is 1. The molecule has 2 aromatic heterocycles. The van der Waals surface area contributed by atoms with Crippen molar-refractivity contribution >= 4 is 22.5 Å². The molecule has 1 aromatic carbocycles. The Hall–Kier alpha value is -2.82. The molecular weight excluding hydrogens is 269 g/mol. The summed E-state index contributed by atoms with van der Waals surface area (Å²) in [4.78, 5) is 20.2. The van der Waals surface area contributed by atoms with Gasteiger partial charge in [0, 0.05) is 17.3 Å². The lowest BCUT2D eigenvalue weighted by atomic mass is 10.1. The molecule has 1 N–H and O–H groups in total. The van der Waals surface area contributed by atoms with Crippen molar-refractivity contribution in [3.63, 3.8) is 0 Å². The molecule has 1 amide bonds. The van der Waals surface area contributed by atoms with E-state index in [2.05, 4.69) is 15.3 Å². The molecular formula is C16H12FN3O. The Bertz CT molecular complexity index is 833. The molecule has 0 radical (unpaired) electrons. The zero-order valence-corrected chi connectivity index (χ0v) is 11.3. The largest absolute Gasteiger partial charge is 0.321 e. The number of rotatable bonds is 2. The van der Waals surface area contributed by atoms with Crippen LogP contribution < -0.4 is 5.32 Å². The predicted octanol–water partition coefficient (Wildman–Crippen LogP) is 3.33. The maximum absolute atomic E-state index is 13.6. The third kappa shape index (κ3) is 2.58. The number of nitrogens with zero attached hydrogens (tertiary/aromatic N) is 2. The Kier molecular flexibility index (Phi) is 3.31. The van der Waals surface area contributed by atoms with Gasteiger partial charge in [-0.3, -0.25) is 14.8 Å². The summed E-state index contributed by atoms with van der Waals surface area (Å²) in [5.74, 6) is -1.16. The molecule has 0 saturated carbocycles. The van der Waals surface area contributed by atoms with Crippen molar-refractivity contribution in [2.45, 2.75) is 6.92 Å². The maximum Gasteiger partial charge on any atom is 0.258 e. The highest BCUT2D eigenvalue weighted by Crippen LogP contribution is 2.23. The number of anilines is 1.